The molecule has 2 bridgehead atoms. The number of piperidine rings is 2. The lowest BCUT2D eigenvalue weighted by molar-refractivity contribution is 0.0184. The highest BCUT2D eigenvalue weighted by atomic mass is 32.1. The quantitative estimate of drug-likeness (QED) is 0.910. The van der Waals surface area contributed by atoms with Gasteiger partial charge in [-0.15, -0.1) is 11.3 Å². The van der Waals surface area contributed by atoms with E-state index in [1.54, 1.807) is 0 Å². The van der Waals surface area contributed by atoms with Gasteiger partial charge in [-0.3, -0.25) is 9.69 Å². The molecule has 2 aliphatic rings. The number of nitrogens with one attached hydrogen (secondary N) is 1. The van der Waals surface area contributed by atoms with Crippen LogP contribution in [0.5, 0.6) is 0 Å². The highest BCUT2D eigenvalue weighted by Crippen LogP contribution is 2.35. The Balaban J connectivity index is 1.41. The van der Waals surface area contributed by atoms with Crippen molar-refractivity contribution in [1.82, 2.24) is 10.2 Å². The van der Waals surface area contributed by atoms with Crippen molar-refractivity contribution < 1.29 is 4.79 Å². The Labute approximate surface area is 147 Å². The van der Waals surface area contributed by atoms with Crippen LogP contribution >= 0.6 is 11.3 Å². The summed E-state index contributed by atoms with van der Waals surface area (Å²) >= 11 is 1.85. The van der Waals surface area contributed by atoms with Crippen molar-refractivity contribution in [3.63, 3.8) is 0 Å². The predicted molar refractivity (Wildman–Crippen MR) is 98.2 cm³/mol. The highest BCUT2D eigenvalue weighted by Gasteiger charge is 2.38. The first-order valence-corrected chi connectivity index (χ1v) is 9.81. The van der Waals surface area contributed by atoms with Crippen molar-refractivity contribution in [1.29, 1.82) is 0 Å². The fourth-order valence-corrected chi connectivity index (χ4v) is 5.01. The smallest absolute Gasteiger partial charge is 0.251 e. The van der Waals surface area contributed by atoms with Gasteiger partial charge in [-0.2, -0.15) is 0 Å². The van der Waals surface area contributed by atoms with Crippen molar-refractivity contribution in [2.75, 3.05) is 0 Å². The molecule has 2 aliphatic heterocycles. The maximum absolute atomic E-state index is 12.4. The van der Waals surface area contributed by atoms with Gasteiger partial charge in [0.05, 0.1) is 0 Å². The van der Waals surface area contributed by atoms with Crippen LogP contribution in [0.3, 0.4) is 0 Å². The third-order valence-electron chi connectivity index (χ3n) is 5.42. The van der Waals surface area contributed by atoms with Gasteiger partial charge in [0.2, 0.25) is 0 Å². The summed E-state index contributed by atoms with van der Waals surface area (Å²) in [6.07, 6.45) is 6.02. The SMILES string of the molecule is O=C(NC1C[C@H]2CCC[C@@H](C1)N2Cc1cccs1)c1ccccc1. The molecule has 4 rings (SSSR count). The summed E-state index contributed by atoms with van der Waals surface area (Å²) in [5, 5.41) is 5.44. The molecule has 126 valence electrons. The minimum atomic E-state index is 0.0744. The van der Waals surface area contributed by atoms with Crippen LogP contribution in [-0.2, 0) is 6.54 Å². The summed E-state index contributed by atoms with van der Waals surface area (Å²) in [7, 11) is 0. The third kappa shape index (κ3) is 3.40. The average Bonchev–Trinajstić information content (AvgIpc) is 3.09. The molecule has 0 saturated carbocycles. The first kappa shape index (κ1) is 15.9. The van der Waals surface area contributed by atoms with E-state index in [0.29, 0.717) is 18.1 Å². The summed E-state index contributed by atoms with van der Waals surface area (Å²) in [5.41, 5.74) is 0.767. The number of hydrogen-bond donors (Lipinski definition) is 1. The van der Waals surface area contributed by atoms with Crippen molar-refractivity contribution in [2.45, 2.75) is 56.8 Å². The number of thiophene rings is 1. The lowest BCUT2D eigenvalue weighted by atomic mass is 9.81. The molecule has 1 amide bonds. The number of benzene rings is 1. The molecule has 3 heterocycles. The highest BCUT2D eigenvalue weighted by molar-refractivity contribution is 7.09. The third-order valence-corrected chi connectivity index (χ3v) is 6.28. The van der Waals surface area contributed by atoms with E-state index in [4.69, 9.17) is 0 Å². The lowest BCUT2D eigenvalue weighted by Gasteiger charge is -2.49. The number of nitrogens with zero attached hydrogens (tertiary/aromatic N) is 1. The largest absolute Gasteiger partial charge is 0.349 e. The zero-order valence-corrected chi connectivity index (χ0v) is 14.7. The van der Waals surface area contributed by atoms with Gasteiger partial charge >= 0.3 is 0 Å². The molecule has 1 N–H and O–H groups in total. The fourth-order valence-electron chi connectivity index (χ4n) is 4.30. The molecule has 2 fully saturated rings. The van der Waals surface area contributed by atoms with Gasteiger partial charge in [0.15, 0.2) is 0 Å². The van der Waals surface area contributed by atoms with E-state index < -0.39 is 0 Å². The van der Waals surface area contributed by atoms with E-state index in [9.17, 15) is 4.79 Å². The summed E-state index contributed by atoms with van der Waals surface area (Å²) in [4.78, 5) is 16.6. The number of fused-ring (bicyclic) bond motifs is 2. The van der Waals surface area contributed by atoms with E-state index in [0.717, 1.165) is 24.9 Å². The molecule has 2 aromatic rings. The molecule has 1 aromatic heterocycles. The minimum Gasteiger partial charge on any atom is -0.349 e. The number of carbonyl (C=O) groups is 1. The normalized spacial score (nSPS) is 26.9. The maximum atomic E-state index is 12.4. The van der Waals surface area contributed by atoms with Crippen molar-refractivity contribution in [3.05, 3.63) is 58.3 Å². The molecule has 4 heteroatoms. The summed E-state index contributed by atoms with van der Waals surface area (Å²) in [6.45, 7) is 1.08. The Bertz CT molecular complexity index is 656. The molecule has 3 nitrogen and oxygen atoms in total. The van der Waals surface area contributed by atoms with Gasteiger partial charge in [0, 0.05) is 35.1 Å². The van der Waals surface area contributed by atoms with E-state index >= 15 is 0 Å². The van der Waals surface area contributed by atoms with E-state index in [-0.39, 0.29) is 5.91 Å². The second kappa shape index (κ2) is 7.08. The van der Waals surface area contributed by atoms with Gasteiger partial charge in [-0.1, -0.05) is 30.7 Å². The molecule has 0 spiro atoms. The number of rotatable bonds is 4. The summed E-state index contributed by atoms with van der Waals surface area (Å²) in [5.74, 6) is 0.0744. The van der Waals surface area contributed by atoms with Gasteiger partial charge in [-0.05, 0) is 49.3 Å². The molecule has 24 heavy (non-hydrogen) atoms. The Morgan fingerprint density at radius 3 is 2.50 bits per heavy atom. The molecule has 1 unspecified atom stereocenters. The van der Waals surface area contributed by atoms with E-state index in [2.05, 4.69) is 27.7 Å². The Morgan fingerprint density at radius 1 is 1.08 bits per heavy atom. The minimum absolute atomic E-state index is 0.0744. The average molecular weight is 340 g/mol. The lowest BCUT2D eigenvalue weighted by Crippen LogP contribution is -2.56. The molecule has 0 aliphatic carbocycles. The van der Waals surface area contributed by atoms with Crippen LogP contribution in [0.2, 0.25) is 0 Å². The zero-order valence-electron chi connectivity index (χ0n) is 13.9. The summed E-state index contributed by atoms with van der Waals surface area (Å²) in [6, 6.07) is 15.5. The van der Waals surface area contributed by atoms with Crippen molar-refractivity contribution >= 4 is 17.2 Å². The van der Waals surface area contributed by atoms with Crippen molar-refractivity contribution in [2.24, 2.45) is 0 Å². The Morgan fingerprint density at radius 2 is 1.83 bits per heavy atom. The first-order valence-electron chi connectivity index (χ1n) is 8.93. The van der Waals surface area contributed by atoms with Crippen LogP contribution < -0.4 is 5.32 Å². The van der Waals surface area contributed by atoms with Crippen LogP contribution in [0.4, 0.5) is 0 Å². The number of carbonyl (C=O) groups excluding carboxylic acids is 1. The van der Waals surface area contributed by atoms with Gasteiger partial charge in [-0.25, -0.2) is 0 Å². The predicted octanol–water partition coefficient (Wildman–Crippen LogP) is 4.06. The molecule has 3 atom stereocenters. The Hall–Kier alpha value is -1.65. The zero-order chi connectivity index (χ0) is 16.4. The van der Waals surface area contributed by atoms with Crippen LogP contribution in [0.15, 0.2) is 47.8 Å². The molecular formula is C20H24N2OS. The van der Waals surface area contributed by atoms with E-state index in [1.165, 1.54) is 24.1 Å². The van der Waals surface area contributed by atoms with Gasteiger partial charge < -0.3 is 5.32 Å². The van der Waals surface area contributed by atoms with Crippen molar-refractivity contribution in [3.8, 4) is 0 Å². The molecular weight excluding hydrogens is 316 g/mol. The monoisotopic (exact) mass is 340 g/mol. The van der Waals surface area contributed by atoms with Crippen LogP contribution in [0, 0.1) is 0 Å². The Kier molecular flexibility index (Phi) is 4.67. The standard InChI is InChI=1S/C20H24N2OS/c23-20(15-6-2-1-3-7-15)21-16-12-17-8-4-9-18(13-16)22(17)14-19-10-5-11-24-19/h1-3,5-7,10-11,16-18H,4,8-9,12-14H2,(H,21,23)/t16?,17-,18+. The van der Waals surface area contributed by atoms with Crippen LogP contribution in [0.25, 0.3) is 0 Å². The molecule has 0 radical (unpaired) electrons. The van der Waals surface area contributed by atoms with Crippen LogP contribution in [-0.4, -0.2) is 28.9 Å². The van der Waals surface area contributed by atoms with Gasteiger partial charge in [0.25, 0.3) is 5.91 Å². The second-order valence-electron chi connectivity index (χ2n) is 7.00. The van der Waals surface area contributed by atoms with E-state index in [1.807, 2.05) is 41.7 Å². The van der Waals surface area contributed by atoms with Crippen LogP contribution in [0.1, 0.15) is 47.3 Å². The first-order chi connectivity index (χ1) is 11.8. The number of amides is 1. The number of hydrogen-bond acceptors (Lipinski definition) is 3. The maximum Gasteiger partial charge on any atom is 0.251 e. The van der Waals surface area contributed by atoms with Gasteiger partial charge in [0.1, 0.15) is 0 Å². The summed E-state index contributed by atoms with van der Waals surface area (Å²) < 4.78 is 0. The second-order valence-corrected chi connectivity index (χ2v) is 8.03. The fraction of sp³-hybridized carbons (Fsp3) is 0.450. The molecule has 2 saturated heterocycles. The molecule has 1 aromatic carbocycles. The topological polar surface area (TPSA) is 32.3 Å².